The van der Waals surface area contributed by atoms with Crippen molar-refractivity contribution in [3.8, 4) is 5.75 Å². The molecule has 0 radical (unpaired) electrons. The molecule has 1 heterocycles. The van der Waals surface area contributed by atoms with Crippen LogP contribution in [0.25, 0.3) is 10.9 Å². The Morgan fingerprint density at radius 2 is 1.90 bits per heavy atom. The van der Waals surface area contributed by atoms with E-state index in [9.17, 15) is 0 Å². The molecule has 0 amide bonds. The molecule has 3 aromatic rings. The fourth-order valence-corrected chi connectivity index (χ4v) is 2.60. The van der Waals surface area contributed by atoms with Crippen LogP contribution in [0.5, 0.6) is 5.75 Å². The van der Waals surface area contributed by atoms with Gasteiger partial charge in [0.2, 0.25) is 0 Å². The van der Waals surface area contributed by atoms with E-state index in [4.69, 9.17) is 16.3 Å². The highest BCUT2D eigenvalue weighted by Gasteiger charge is 2.08. The van der Waals surface area contributed by atoms with Gasteiger partial charge in [0.05, 0.1) is 5.69 Å². The van der Waals surface area contributed by atoms with E-state index in [1.165, 1.54) is 5.56 Å². The molecule has 0 saturated carbocycles. The molecular formula is C17H16ClNO. The molecule has 0 spiro atoms. The number of halogens is 1. The van der Waals surface area contributed by atoms with Crippen LogP contribution in [0.3, 0.4) is 0 Å². The summed E-state index contributed by atoms with van der Waals surface area (Å²) in [6.07, 6.45) is 0. The number of rotatable bonds is 3. The lowest BCUT2D eigenvalue weighted by Gasteiger charge is -2.08. The summed E-state index contributed by atoms with van der Waals surface area (Å²) in [6.45, 7) is 2.59. The van der Waals surface area contributed by atoms with Gasteiger partial charge in [-0.25, -0.2) is 0 Å². The van der Waals surface area contributed by atoms with Gasteiger partial charge < -0.3 is 9.30 Å². The van der Waals surface area contributed by atoms with Crippen LogP contribution in [0, 0.1) is 6.92 Å². The molecule has 3 rings (SSSR count). The number of aromatic nitrogens is 1. The summed E-state index contributed by atoms with van der Waals surface area (Å²) in [4.78, 5) is 0. The summed E-state index contributed by atoms with van der Waals surface area (Å²) in [5.41, 5.74) is 3.43. The molecule has 0 aliphatic heterocycles. The van der Waals surface area contributed by atoms with Gasteiger partial charge in [-0.05, 0) is 42.8 Å². The van der Waals surface area contributed by atoms with Crippen molar-refractivity contribution in [2.75, 3.05) is 0 Å². The van der Waals surface area contributed by atoms with E-state index in [1.54, 1.807) is 0 Å². The summed E-state index contributed by atoms with van der Waals surface area (Å²) in [5.74, 6) is 0.890. The van der Waals surface area contributed by atoms with Gasteiger partial charge in [-0.1, -0.05) is 29.8 Å². The molecule has 0 aliphatic rings. The Kier molecular flexibility index (Phi) is 3.41. The normalized spacial score (nSPS) is 10.9. The van der Waals surface area contributed by atoms with Crippen molar-refractivity contribution in [1.82, 2.24) is 4.57 Å². The van der Waals surface area contributed by atoms with Crippen LogP contribution in [0.2, 0.25) is 5.02 Å². The minimum Gasteiger partial charge on any atom is -0.487 e. The van der Waals surface area contributed by atoms with E-state index in [1.807, 2.05) is 37.4 Å². The first-order valence-corrected chi connectivity index (χ1v) is 6.95. The Labute approximate surface area is 123 Å². The van der Waals surface area contributed by atoms with Gasteiger partial charge in [0.1, 0.15) is 12.4 Å². The summed E-state index contributed by atoms with van der Waals surface area (Å²) >= 11 is 6.23. The summed E-state index contributed by atoms with van der Waals surface area (Å²) in [5, 5.41) is 1.85. The second-order valence-corrected chi connectivity index (χ2v) is 5.38. The minimum atomic E-state index is 0.533. The highest BCUT2D eigenvalue weighted by Crippen LogP contribution is 2.26. The van der Waals surface area contributed by atoms with Crippen LogP contribution in [0.15, 0.2) is 48.5 Å². The third-order valence-corrected chi connectivity index (χ3v) is 3.84. The zero-order valence-corrected chi connectivity index (χ0v) is 12.3. The van der Waals surface area contributed by atoms with Gasteiger partial charge in [-0.2, -0.15) is 0 Å². The van der Waals surface area contributed by atoms with Crippen LogP contribution in [0.4, 0.5) is 0 Å². The molecule has 0 saturated heterocycles. The number of hydrogen-bond acceptors (Lipinski definition) is 1. The van der Waals surface area contributed by atoms with Crippen LogP contribution in [-0.4, -0.2) is 4.57 Å². The zero-order valence-electron chi connectivity index (χ0n) is 11.6. The molecule has 20 heavy (non-hydrogen) atoms. The monoisotopic (exact) mass is 285 g/mol. The Morgan fingerprint density at radius 1 is 1.10 bits per heavy atom. The predicted octanol–water partition coefficient (Wildman–Crippen LogP) is 4.72. The van der Waals surface area contributed by atoms with Gasteiger partial charge in [0, 0.05) is 23.0 Å². The molecule has 1 aromatic heterocycles. The largest absolute Gasteiger partial charge is 0.487 e. The molecule has 2 aromatic carbocycles. The Balaban J connectivity index is 1.88. The van der Waals surface area contributed by atoms with Gasteiger partial charge in [0.25, 0.3) is 0 Å². The first-order valence-electron chi connectivity index (χ1n) is 6.57. The zero-order chi connectivity index (χ0) is 14.1. The second-order valence-electron chi connectivity index (χ2n) is 4.97. The van der Waals surface area contributed by atoms with E-state index in [2.05, 4.69) is 29.7 Å². The summed E-state index contributed by atoms with van der Waals surface area (Å²) in [6, 6.07) is 16.1. The molecule has 0 unspecified atom stereocenters. The molecule has 0 fully saturated rings. The van der Waals surface area contributed by atoms with Gasteiger partial charge in [-0.3, -0.25) is 0 Å². The molecule has 0 N–H and O–H groups in total. The number of ether oxygens (including phenoxy) is 1. The third kappa shape index (κ3) is 2.39. The molecule has 0 aliphatic carbocycles. The molecule has 0 bridgehead atoms. The fourth-order valence-electron chi connectivity index (χ4n) is 2.38. The summed E-state index contributed by atoms with van der Waals surface area (Å²) in [7, 11) is 2.04. The van der Waals surface area contributed by atoms with Crippen molar-refractivity contribution >= 4 is 22.5 Å². The van der Waals surface area contributed by atoms with Crippen molar-refractivity contribution < 1.29 is 4.74 Å². The van der Waals surface area contributed by atoms with Crippen molar-refractivity contribution in [2.24, 2.45) is 7.05 Å². The van der Waals surface area contributed by atoms with Gasteiger partial charge in [0.15, 0.2) is 0 Å². The maximum Gasteiger partial charge on any atom is 0.128 e. The number of aryl methyl sites for hydroxylation is 2. The van der Waals surface area contributed by atoms with Crippen LogP contribution in [0.1, 0.15) is 11.3 Å². The highest BCUT2D eigenvalue weighted by molar-refractivity contribution is 6.35. The second kappa shape index (κ2) is 5.22. The lowest BCUT2D eigenvalue weighted by molar-refractivity contribution is 0.297. The average Bonchev–Trinajstić information content (AvgIpc) is 2.75. The van der Waals surface area contributed by atoms with E-state index >= 15 is 0 Å². The quantitative estimate of drug-likeness (QED) is 0.679. The topological polar surface area (TPSA) is 14.2 Å². The number of hydrogen-bond donors (Lipinski definition) is 0. The van der Waals surface area contributed by atoms with Gasteiger partial charge in [-0.15, -0.1) is 0 Å². The molecule has 0 atom stereocenters. The smallest absolute Gasteiger partial charge is 0.128 e. The molecule has 3 heteroatoms. The number of benzene rings is 2. The maximum absolute atomic E-state index is 6.23. The lowest BCUT2D eigenvalue weighted by Crippen LogP contribution is -2.01. The first kappa shape index (κ1) is 13.1. The number of fused-ring (bicyclic) bond motifs is 1. The Morgan fingerprint density at radius 3 is 2.65 bits per heavy atom. The highest BCUT2D eigenvalue weighted by atomic mass is 35.5. The molecule has 102 valence electrons. The third-order valence-electron chi connectivity index (χ3n) is 3.51. The fraction of sp³-hybridized carbons (Fsp3) is 0.176. The lowest BCUT2D eigenvalue weighted by atomic mass is 10.2. The van der Waals surface area contributed by atoms with E-state index < -0.39 is 0 Å². The van der Waals surface area contributed by atoms with Crippen LogP contribution < -0.4 is 4.74 Å². The maximum atomic E-state index is 6.23. The molecule has 2 nitrogen and oxygen atoms in total. The predicted molar refractivity (Wildman–Crippen MR) is 83.4 cm³/mol. The summed E-state index contributed by atoms with van der Waals surface area (Å²) < 4.78 is 7.98. The SMILES string of the molecule is Cc1cccc(OCc2cc3c(Cl)cccc3n2C)c1. The van der Waals surface area contributed by atoms with Gasteiger partial charge >= 0.3 is 0 Å². The number of nitrogens with zero attached hydrogens (tertiary/aromatic N) is 1. The van der Waals surface area contributed by atoms with E-state index in [0.29, 0.717) is 6.61 Å². The Hall–Kier alpha value is -1.93. The Bertz CT molecular complexity index is 761. The van der Waals surface area contributed by atoms with Crippen molar-refractivity contribution in [2.45, 2.75) is 13.5 Å². The van der Waals surface area contributed by atoms with Crippen molar-refractivity contribution in [1.29, 1.82) is 0 Å². The van der Waals surface area contributed by atoms with Crippen molar-refractivity contribution in [3.05, 3.63) is 64.8 Å². The average molecular weight is 286 g/mol. The molecular weight excluding hydrogens is 270 g/mol. The van der Waals surface area contributed by atoms with Crippen LogP contribution in [-0.2, 0) is 13.7 Å². The standard InChI is InChI=1S/C17H16ClNO/c1-12-5-3-6-14(9-12)20-11-13-10-15-16(18)7-4-8-17(15)19(13)2/h3-10H,11H2,1-2H3. The minimum absolute atomic E-state index is 0.533. The van der Waals surface area contributed by atoms with E-state index in [0.717, 1.165) is 27.4 Å². The van der Waals surface area contributed by atoms with Crippen molar-refractivity contribution in [3.63, 3.8) is 0 Å². The van der Waals surface area contributed by atoms with Crippen LogP contribution >= 0.6 is 11.6 Å². The first-order chi connectivity index (χ1) is 9.65. The van der Waals surface area contributed by atoms with E-state index in [-0.39, 0.29) is 0 Å².